The van der Waals surface area contributed by atoms with Crippen LogP contribution in [0.1, 0.15) is 18.1 Å². The van der Waals surface area contributed by atoms with Crippen LogP contribution in [-0.4, -0.2) is 38.3 Å². The second-order valence-electron chi connectivity index (χ2n) is 7.88. The summed E-state index contributed by atoms with van der Waals surface area (Å²) >= 11 is 0. The number of anilines is 1. The average Bonchev–Trinajstić information content (AvgIpc) is 3.15. The van der Waals surface area contributed by atoms with Crippen molar-refractivity contribution in [3.05, 3.63) is 90.0 Å². The van der Waals surface area contributed by atoms with Crippen molar-refractivity contribution in [2.45, 2.75) is 30.8 Å². The summed E-state index contributed by atoms with van der Waals surface area (Å²) < 4.78 is 33.5. The van der Waals surface area contributed by atoms with Gasteiger partial charge < -0.3 is 9.64 Å². The molecule has 7 heteroatoms. The second kappa shape index (κ2) is 9.14. The quantitative estimate of drug-likeness (QED) is 0.548. The number of hydrogen-bond donors (Lipinski definition) is 0. The molecule has 0 aliphatic carbocycles. The van der Waals surface area contributed by atoms with Gasteiger partial charge in [-0.15, -0.1) is 0 Å². The molecule has 1 unspecified atom stereocenters. The van der Waals surface area contributed by atoms with Gasteiger partial charge in [0.1, 0.15) is 5.75 Å². The van der Waals surface area contributed by atoms with Gasteiger partial charge in [-0.05, 0) is 54.8 Å². The molecule has 3 aromatic carbocycles. The van der Waals surface area contributed by atoms with E-state index >= 15 is 0 Å². The first kappa shape index (κ1) is 22.0. The standard InChI is InChI=1S/C25H26N2O4S/c1-19-16-21-10-6-7-11-24(21)27(19)25(28)18-26(17-20-8-4-3-5-9-20)32(29,30)23-14-12-22(31-2)13-15-23/h3-15,19H,16-18H2,1-2H3. The Kier molecular flexibility index (Phi) is 6.30. The van der Waals surface area contributed by atoms with Crippen molar-refractivity contribution < 1.29 is 17.9 Å². The molecule has 3 aromatic rings. The number of benzene rings is 3. The summed E-state index contributed by atoms with van der Waals surface area (Å²) in [7, 11) is -2.39. The van der Waals surface area contributed by atoms with Crippen molar-refractivity contribution in [3.63, 3.8) is 0 Å². The number of sulfonamides is 1. The van der Waals surface area contributed by atoms with E-state index in [1.54, 1.807) is 17.0 Å². The summed E-state index contributed by atoms with van der Waals surface area (Å²) in [5.74, 6) is 0.326. The van der Waals surface area contributed by atoms with Crippen molar-refractivity contribution in [3.8, 4) is 5.75 Å². The summed E-state index contributed by atoms with van der Waals surface area (Å²) in [6.45, 7) is 1.84. The number of para-hydroxylation sites is 1. The van der Waals surface area contributed by atoms with Crippen LogP contribution in [0, 0.1) is 0 Å². The van der Waals surface area contributed by atoms with Gasteiger partial charge in [0.25, 0.3) is 0 Å². The number of rotatable bonds is 7. The highest BCUT2D eigenvalue weighted by molar-refractivity contribution is 7.89. The molecule has 0 spiro atoms. The molecule has 0 saturated carbocycles. The number of hydrogen-bond acceptors (Lipinski definition) is 4. The number of fused-ring (bicyclic) bond motifs is 1. The molecule has 1 aliphatic heterocycles. The molecule has 0 radical (unpaired) electrons. The number of carbonyl (C=O) groups excluding carboxylic acids is 1. The lowest BCUT2D eigenvalue weighted by molar-refractivity contribution is -0.119. The van der Waals surface area contributed by atoms with Gasteiger partial charge in [-0.1, -0.05) is 48.5 Å². The molecule has 0 fully saturated rings. The minimum Gasteiger partial charge on any atom is -0.497 e. The maximum atomic E-state index is 13.5. The molecule has 1 atom stereocenters. The molecule has 1 heterocycles. The molecular weight excluding hydrogens is 424 g/mol. The third kappa shape index (κ3) is 4.40. The van der Waals surface area contributed by atoms with Crippen LogP contribution >= 0.6 is 0 Å². The fraction of sp³-hybridized carbons (Fsp3) is 0.240. The minimum atomic E-state index is -3.91. The number of methoxy groups -OCH3 is 1. The van der Waals surface area contributed by atoms with Gasteiger partial charge in [0.15, 0.2) is 0 Å². The van der Waals surface area contributed by atoms with Gasteiger partial charge >= 0.3 is 0 Å². The van der Waals surface area contributed by atoms with E-state index < -0.39 is 10.0 Å². The molecule has 32 heavy (non-hydrogen) atoms. The van der Waals surface area contributed by atoms with Crippen LogP contribution in [0.5, 0.6) is 5.75 Å². The molecule has 0 saturated heterocycles. The van der Waals surface area contributed by atoms with Gasteiger partial charge in [-0.3, -0.25) is 4.79 Å². The van der Waals surface area contributed by atoms with E-state index in [1.165, 1.54) is 23.5 Å². The monoisotopic (exact) mass is 450 g/mol. The van der Waals surface area contributed by atoms with E-state index in [9.17, 15) is 13.2 Å². The van der Waals surface area contributed by atoms with Crippen molar-refractivity contribution in [1.82, 2.24) is 4.31 Å². The van der Waals surface area contributed by atoms with Crippen LogP contribution in [0.15, 0.2) is 83.8 Å². The Hall–Kier alpha value is -3.16. The summed E-state index contributed by atoms with van der Waals surface area (Å²) in [6, 6.07) is 23.3. The molecule has 0 bridgehead atoms. The minimum absolute atomic E-state index is 0.0258. The van der Waals surface area contributed by atoms with Crippen molar-refractivity contribution >= 4 is 21.6 Å². The maximum Gasteiger partial charge on any atom is 0.243 e. The summed E-state index contributed by atoms with van der Waals surface area (Å²) in [5.41, 5.74) is 2.76. The lowest BCUT2D eigenvalue weighted by Gasteiger charge is -2.27. The Morgan fingerprint density at radius 1 is 1.00 bits per heavy atom. The van der Waals surface area contributed by atoms with Gasteiger partial charge in [-0.25, -0.2) is 8.42 Å². The molecule has 0 N–H and O–H groups in total. The molecule has 0 aromatic heterocycles. The first-order valence-corrected chi connectivity index (χ1v) is 11.9. The van der Waals surface area contributed by atoms with Crippen LogP contribution in [-0.2, 0) is 27.8 Å². The van der Waals surface area contributed by atoms with E-state index in [2.05, 4.69) is 0 Å². The van der Waals surface area contributed by atoms with Gasteiger partial charge in [0.05, 0.1) is 18.6 Å². The zero-order valence-electron chi connectivity index (χ0n) is 18.1. The number of ether oxygens (including phenoxy) is 1. The zero-order chi connectivity index (χ0) is 22.7. The molecular formula is C25H26N2O4S. The predicted molar refractivity (Wildman–Crippen MR) is 124 cm³/mol. The van der Waals surface area contributed by atoms with E-state index in [-0.39, 0.29) is 29.9 Å². The summed E-state index contributed by atoms with van der Waals surface area (Å²) in [6.07, 6.45) is 0.756. The molecule has 166 valence electrons. The van der Waals surface area contributed by atoms with Crippen molar-refractivity contribution in [2.75, 3.05) is 18.6 Å². The smallest absolute Gasteiger partial charge is 0.243 e. The predicted octanol–water partition coefficient (Wildman–Crippen LogP) is 3.86. The third-order valence-electron chi connectivity index (χ3n) is 5.69. The highest BCUT2D eigenvalue weighted by Gasteiger charge is 2.34. The molecule has 1 aliphatic rings. The fourth-order valence-corrected chi connectivity index (χ4v) is 5.46. The Morgan fingerprint density at radius 3 is 2.34 bits per heavy atom. The van der Waals surface area contributed by atoms with Crippen LogP contribution in [0.2, 0.25) is 0 Å². The number of nitrogens with zero attached hydrogens (tertiary/aromatic N) is 2. The van der Waals surface area contributed by atoms with Crippen molar-refractivity contribution in [1.29, 1.82) is 0 Å². The van der Waals surface area contributed by atoms with E-state index in [4.69, 9.17) is 4.74 Å². The number of amides is 1. The van der Waals surface area contributed by atoms with E-state index in [0.29, 0.717) is 5.75 Å². The first-order valence-electron chi connectivity index (χ1n) is 10.5. The Morgan fingerprint density at radius 2 is 1.66 bits per heavy atom. The normalized spacial score (nSPS) is 15.6. The average molecular weight is 451 g/mol. The van der Waals surface area contributed by atoms with Crippen LogP contribution in [0.3, 0.4) is 0 Å². The summed E-state index contributed by atoms with van der Waals surface area (Å²) in [5, 5.41) is 0. The van der Waals surface area contributed by atoms with Crippen LogP contribution in [0.4, 0.5) is 5.69 Å². The van der Waals surface area contributed by atoms with Crippen LogP contribution < -0.4 is 9.64 Å². The van der Waals surface area contributed by atoms with E-state index in [0.717, 1.165) is 23.2 Å². The summed E-state index contributed by atoms with van der Waals surface area (Å²) in [4.78, 5) is 15.2. The largest absolute Gasteiger partial charge is 0.497 e. The first-order chi connectivity index (χ1) is 15.4. The zero-order valence-corrected chi connectivity index (χ0v) is 19.0. The topological polar surface area (TPSA) is 66.9 Å². The van der Waals surface area contributed by atoms with E-state index in [1.807, 2.05) is 61.5 Å². The maximum absolute atomic E-state index is 13.5. The Bertz CT molecular complexity index is 1190. The highest BCUT2D eigenvalue weighted by atomic mass is 32.2. The molecule has 6 nitrogen and oxygen atoms in total. The lowest BCUT2D eigenvalue weighted by atomic mass is 10.1. The van der Waals surface area contributed by atoms with Crippen molar-refractivity contribution in [2.24, 2.45) is 0 Å². The van der Waals surface area contributed by atoms with Crippen LogP contribution in [0.25, 0.3) is 0 Å². The highest BCUT2D eigenvalue weighted by Crippen LogP contribution is 2.32. The second-order valence-corrected chi connectivity index (χ2v) is 9.82. The molecule has 1 amide bonds. The van der Waals surface area contributed by atoms with Gasteiger partial charge in [0, 0.05) is 18.3 Å². The number of carbonyl (C=O) groups is 1. The Labute approximate surface area is 189 Å². The Balaban J connectivity index is 1.66. The SMILES string of the molecule is COc1ccc(S(=O)(=O)N(CC(=O)N2c3ccccc3CC2C)Cc2ccccc2)cc1. The fourth-order valence-electron chi connectivity index (χ4n) is 4.08. The van der Waals surface area contributed by atoms with Gasteiger partial charge in [-0.2, -0.15) is 4.31 Å². The van der Waals surface area contributed by atoms with Gasteiger partial charge in [0.2, 0.25) is 15.9 Å². The third-order valence-corrected chi connectivity index (χ3v) is 7.49. The lowest BCUT2D eigenvalue weighted by Crippen LogP contribution is -2.44. The molecule has 4 rings (SSSR count).